The molecule has 3 nitrogen and oxygen atoms in total. The Morgan fingerprint density at radius 1 is 1.42 bits per heavy atom. The molecule has 0 aliphatic rings. The highest BCUT2D eigenvalue weighted by atomic mass is 79.9. The number of benzene rings is 1. The normalized spacial score (nSPS) is 10.2. The maximum Gasteiger partial charge on any atom is 0.0944 e. The van der Waals surface area contributed by atoms with E-state index in [2.05, 4.69) is 15.9 Å². The number of nitrogen functional groups attached to an aromatic ring is 1. The van der Waals surface area contributed by atoms with Crippen LogP contribution in [0.5, 0.6) is 0 Å². The molecule has 0 bridgehead atoms. The number of halogens is 1. The summed E-state index contributed by atoms with van der Waals surface area (Å²) in [6, 6.07) is 5.64. The van der Waals surface area contributed by atoms with Crippen LogP contribution in [0, 0.1) is 0 Å². The van der Waals surface area contributed by atoms with Gasteiger partial charge in [-0.05, 0) is 18.2 Å². The maximum absolute atomic E-state index is 5.69. The summed E-state index contributed by atoms with van der Waals surface area (Å²) in [5.41, 5.74) is 12.6. The Labute approximate surface area is 79.8 Å². The molecular weight excluding hydrogens is 220 g/mol. The first kappa shape index (κ1) is 9.51. The molecule has 0 aromatic heterocycles. The van der Waals surface area contributed by atoms with Crippen molar-refractivity contribution < 1.29 is 4.74 Å². The molecule has 0 radical (unpaired) electrons. The van der Waals surface area contributed by atoms with E-state index in [1.54, 1.807) is 0 Å². The van der Waals surface area contributed by atoms with Gasteiger partial charge < -0.3 is 16.2 Å². The Morgan fingerprint density at radius 3 is 2.83 bits per heavy atom. The van der Waals surface area contributed by atoms with E-state index in [0.717, 1.165) is 15.7 Å². The van der Waals surface area contributed by atoms with Crippen molar-refractivity contribution in [2.45, 2.75) is 6.61 Å². The first-order valence-corrected chi connectivity index (χ1v) is 4.35. The third-order valence-corrected chi connectivity index (χ3v) is 1.97. The van der Waals surface area contributed by atoms with Crippen LogP contribution in [-0.2, 0) is 11.3 Å². The van der Waals surface area contributed by atoms with E-state index < -0.39 is 0 Å². The molecule has 4 N–H and O–H groups in total. The van der Waals surface area contributed by atoms with Gasteiger partial charge in [0.1, 0.15) is 0 Å². The molecule has 12 heavy (non-hydrogen) atoms. The zero-order valence-electron chi connectivity index (χ0n) is 6.59. The Morgan fingerprint density at radius 2 is 2.17 bits per heavy atom. The van der Waals surface area contributed by atoms with Crippen LogP contribution in [0.15, 0.2) is 22.7 Å². The smallest absolute Gasteiger partial charge is 0.0944 e. The Bertz CT molecular complexity index is 265. The lowest BCUT2D eigenvalue weighted by atomic mass is 10.2. The highest BCUT2D eigenvalue weighted by Gasteiger charge is 1.98. The minimum absolute atomic E-state index is 0.214. The number of anilines is 1. The molecule has 0 unspecified atom stereocenters. The second-order valence-electron chi connectivity index (χ2n) is 2.36. The lowest BCUT2D eigenvalue weighted by molar-refractivity contribution is 0.128. The zero-order valence-corrected chi connectivity index (χ0v) is 8.17. The molecule has 0 heterocycles. The van der Waals surface area contributed by atoms with E-state index in [4.69, 9.17) is 16.2 Å². The molecule has 1 rings (SSSR count). The molecular formula is C8H11BrN2O. The Balaban J connectivity index is 2.75. The fourth-order valence-electron chi connectivity index (χ4n) is 0.868. The number of ether oxygens (including phenoxy) is 1. The second-order valence-corrected chi connectivity index (χ2v) is 3.27. The number of hydrogen-bond acceptors (Lipinski definition) is 3. The van der Waals surface area contributed by atoms with Gasteiger partial charge in [0, 0.05) is 15.7 Å². The van der Waals surface area contributed by atoms with Crippen molar-refractivity contribution in [2.24, 2.45) is 5.73 Å². The van der Waals surface area contributed by atoms with Crippen LogP contribution < -0.4 is 11.5 Å². The second kappa shape index (κ2) is 4.45. The Kier molecular flexibility index (Phi) is 3.52. The van der Waals surface area contributed by atoms with Crippen LogP contribution in [0.4, 0.5) is 5.69 Å². The largest absolute Gasteiger partial charge is 0.398 e. The van der Waals surface area contributed by atoms with Crippen LogP contribution >= 0.6 is 15.9 Å². The van der Waals surface area contributed by atoms with Crippen molar-refractivity contribution in [3.8, 4) is 0 Å². The summed E-state index contributed by atoms with van der Waals surface area (Å²) in [5.74, 6) is 0. The van der Waals surface area contributed by atoms with Crippen molar-refractivity contribution in [1.29, 1.82) is 0 Å². The van der Waals surface area contributed by atoms with Gasteiger partial charge in [-0.3, -0.25) is 0 Å². The van der Waals surface area contributed by atoms with Gasteiger partial charge in [0.05, 0.1) is 13.3 Å². The summed E-state index contributed by atoms with van der Waals surface area (Å²) in [7, 11) is 0. The van der Waals surface area contributed by atoms with Gasteiger partial charge in [-0.1, -0.05) is 15.9 Å². The van der Waals surface area contributed by atoms with Crippen LogP contribution in [0.2, 0.25) is 0 Å². The number of hydrogen-bond donors (Lipinski definition) is 2. The summed E-state index contributed by atoms with van der Waals surface area (Å²) >= 11 is 3.35. The predicted octanol–water partition coefficient (Wildman–Crippen LogP) is 1.46. The van der Waals surface area contributed by atoms with E-state index in [1.807, 2.05) is 18.2 Å². The quantitative estimate of drug-likeness (QED) is 0.611. The summed E-state index contributed by atoms with van der Waals surface area (Å²) in [5, 5.41) is 0. The lowest BCUT2D eigenvalue weighted by Crippen LogP contribution is -2.05. The predicted molar refractivity (Wildman–Crippen MR) is 52.4 cm³/mol. The molecule has 0 saturated carbocycles. The zero-order chi connectivity index (χ0) is 8.97. The minimum atomic E-state index is 0.214. The van der Waals surface area contributed by atoms with Gasteiger partial charge in [0.15, 0.2) is 0 Å². The van der Waals surface area contributed by atoms with E-state index in [-0.39, 0.29) is 6.73 Å². The highest BCUT2D eigenvalue weighted by Crippen LogP contribution is 2.18. The fourth-order valence-corrected chi connectivity index (χ4v) is 1.28. The van der Waals surface area contributed by atoms with Gasteiger partial charge in [-0.25, -0.2) is 0 Å². The van der Waals surface area contributed by atoms with E-state index >= 15 is 0 Å². The lowest BCUT2D eigenvalue weighted by Gasteiger charge is -2.05. The molecule has 4 heteroatoms. The first-order valence-electron chi connectivity index (χ1n) is 3.55. The van der Waals surface area contributed by atoms with Crippen molar-refractivity contribution in [1.82, 2.24) is 0 Å². The van der Waals surface area contributed by atoms with Crippen LogP contribution in [-0.4, -0.2) is 6.73 Å². The van der Waals surface area contributed by atoms with Gasteiger partial charge in [-0.15, -0.1) is 0 Å². The molecule has 0 aliphatic heterocycles. The molecule has 0 aliphatic carbocycles. The monoisotopic (exact) mass is 230 g/mol. The van der Waals surface area contributed by atoms with Crippen LogP contribution in [0.25, 0.3) is 0 Å². The summed E-state index contributed by atoms with van der Waals surface area (Å²) in [6.45, 7) is 0.674. The van der Waals surface area contributed by atoms with Crippen molar-refractivity contribution >= 4 is 21.6 Å². The molecule has 0 atom stereocenters. The van der Waals surface area contributed by atoms with Crippen molar-refractivity contribution in [2.75, 3.05) is 12.5 Å². The molecule has 0 spiro atoms. The highest BCUT2D eigenvalue weighted by molar-refractivity contribution is 9.10. The minimum Gasteiger partial charge on any atom is -0.398 e. The fraction of sp³-hybridized carbons (Fsp3) is 0.250. The number of nitrogens with two attached hydrogens (primary N) is 2. The Hall–Kier alpha value is -0.580. The third-order valence-electron chi connectivity index (χ3n) is 1.48. The first-order chi connectivity index (χ1) is 5.74. The van der Waals surface area contributed by atoms with Crippen LogP contribution in [0.3, 0.4) is 0 Å². The van der Waals surface area contributed by atoms with Crippen LogP contribution in [0.1, 0.15) is 5.56 Å². The van der Waals surface area contributed by atoms with E-state index in [0.29, 0.717) is 6.61 Å². The van der Waals surface area contributed by atoms with Gasteiger partial charge in [0.25, 0.3) is 0 Å². The SMILES string of the molecule is NCOCc1cc(Br)ccc1N. The third kappa shape index (κ3) is 2.48. The standard InChI is InChI=1S/C8H11BrN2O/c9-7-1-2-8(11)6(3-7)4-12-5-10/h1-3H,4-5,10-11H2. The van der Waals surface area contributed by atoms with Gasteiger partial charge in [0.2, 0.25) is 0 Å². The van der Waals surface area contributed by atoms with E-state index in [9.17, 15) is 0 Å². The molecule has 1 aromatic carbocycles. The summed E-state index contributed by atoms with van der Waals surface area (Å²) in [6.07, 6.45) is 0. The molecule has 66 valence electrons. The van der Waals surface area contributed by atoms with Crippen molar-refractivity contribution in [3.63, 3.8) is 0 Å². The average molecular weight is 231 g/mol. The molecule has 0 amide bonds. The summed E-state index contributed by atoms with van der Waals surface area (Å²) < 4.78 is 6.03. The maximum atomic E-state index is 5.69. The van der Waals surface area contributed by atoms with Gasteiger partial charge in [-0.2, -0.15) is 0 Å². The molecule has 0 fully saturated rings. The number of rotatable bonds is 3. The topological polar surface area (TPSA) is 61.3 Å². The van der Waals surface area contributed by atoms with Gasteiger partial charge >= 0.3 is 0 Å². The van der Waals surface area contributed by atoms with Crippen molar-refractivity contribution in [3.05, 3.63) is 28.2 Å². The van der Waals surface area contributed by atoms with E-state index in [1.165, 1.54) is 0 Å². The summed E-state index contributed by atoms with van der Waals surface area (Å²) in [4.78, 5) is 0. The molecule has 0 saturated heterocycles. The average Bonchev–Trinajstić information content (AvgIpc) is 2.07. The molecule has 1 aromatic rings.